The monoisotopic (exact) mass is 364 g/mol. The minimum absolute atomic E-state index is 0.293. The zero-order valence-corrected chi connectivity index (χ0v) is 12.9. The number of carbonyl (C=O) groups is 1. The Hall–Kier alpha value is -1.08. The van der Waals surface area contributed by atoms with Gasteiger partial charge in [-0.3, -0.25) is 4.79 Å². The SMILES string of the molecule is O=C(NCC[C@@H]1CCCN1)c1ccc(Br)cc1C(F)(F)F. The van der Waals surface area contributed by atoms with Gasteiger partial charge in [-0.1, -0.05) is 15.9 Å². The van der Waals surface area contributed by atoms with E-state index in [0.717, 1.165) is 31.9 Å². The Morgan fingerprint density at radius 3 is 2.81 bits per heavy atom. The predicted molar refractivity (Wildman–Crippen MR) is 77.1 cm³/mol. The lowest BCUT2D eigenvalue weighted by Crippen LogP contribution is -2.31. The van der Waals surface area contributed by atoms with Crippen molar-refractivity contribution >= 4 is 21.8 Å². The molecule has 21 heavy (non-hydrogen) atoms. The quantitative estimate of drug-likeness (QED) is 0.860. The highest BCUT2D eigenvalue weighted by atomic mass is 79.9. The van der Waals surface area contributed by atoms with Gasteiger partial charge in [0, 0.05) is 17.1 Å². The number of hydrogen-bond donors (Lipinski definition) is 2. The molecule has 1 aliphatic rings. The second-order valence-electron chi connectivity index (χ2n) is 5.03. The van der Waals surface area contributed by atoms with Crippen LogP contribution in [0, 0.1) is 0 Å². The summed E-state index contributed by atoms with van der Waals surface area (Å²) in [7, 11) is 0. The Bertz CT molecular complexity index is 513. The molecule has 1 heterocycles. The van der Waals surface area contributed by atoms with E-state index < -0.39 is 17.6 Å². The summed E-state index contributed by atoms with van der Waals surface area (Å²) in [5.41, 5.74) is -1.27. The fourth-order valence-electron chi connectivity index (χ4n) is 2.41. The topological polar surface area (TPSA) is 41.1 Å². The van der Waals surface area contributed by atoms with Gasteiger partial charge in [0.1, 0.15) is 0 Å². The molecule has 0 unspecified atom stereocenters. The van der Waals surface area contributed by atoms with E-state index in [0.29, 0.717) is 17.1 Å². The molecule has 3 nitrogen and oxygen atoms in total. The van der Waals surface area contributed by atoms with Gasteiger partial charge in [0.05, 0.1) is 11.1 Å². The normalized spacial score (nSPS) is 18.8. The van der Waals surface area contributed by atoms with Crippen molar-refractivity contribution in [1.29, 1.82) is 0 Å². The van der Waals surface area contributed by atoms with Gasteiger partial charge in [0.15, 0.2) is 0 Å². The van der Waals surface area contributed by atoms with Gasteiger partial charge in [-0.2, -0.15) is 13.2 Å². The maximum atomic E-state index is 12.9. The van der Waals surface area contributed by atoms with Crippen molar-refractivity contribution in [3.8, 4) is 0 Å². The summed E-state index contributed by atoms with van der Waals surface area (Å²) in [6.45, 7) is 1.33. The summed E-state index contributed by atoms with van der Waals surface area (Å²) in [6, 6.07) is 3.89. The number of amides is 1. The molecule has 1 aliphatic heterocycles. The summed E-state index contributed by atoms with van der Waals surface area (Å²) < 4.78 is 39.1. The van der Waals surface area contributed by atoms with Crippen LogP contribution in [0.2, 0.25) is 0 Å². The molecule has 116 valence electrons. The molecule has 1 fully saturated rings. The number of halogens is 4. The molecule has 0 bridgehead atoms. The zero-order chi connectivity index (χ0) is 15.5. The molecule has 1 amide bonds. The van der Waals surface area contributed by atoms with Gasteiger partial charge in [0.25, 0.3) is 5.91 Å². The number of alkyl halides is 3. The van der Waals surface area contributed by atoms with Crippen molar-refractivity contribution in [2.75, 3.05) is 13.1 Å². The summed E-state index contributed by atoms with van der Waals surface area (Å²) >= 11 is 3.00. The molecule has 7 heteroatoms. The van der Waals surface area contributed by atoms with Crippen molar-refractivity contribution in [1.82, 2.24) is 10.6 Å². The zero-order valence-electron chi connectivity index (χ0n) is 11.3. The van der Waals surface area contributed by atoms with Gasteiger partial charge >= 0.3 is 6.18 Å². The molecule has 0 aromatic heterocycles. The Balaban J connectivity index is 2.01. The molecular formula is C14H16BrF3N2O. The fraction of sp³-hybridized carbons (Fsp3) is 0.500. The average Bonchev–Trinajstić information content (AvgIpc) is 2.90. The van der Waals surface area contributed by atoms with E-state index in [1.807, 2.05) is 0 Å². The predicted octanol–water partition coefficient (Wildman–Crippen LogP) is 3.34. The highest BCUT2D eigenvalue weighted by Gasteiger charge is 2.35. The first-order valence-electron chi connectivity index (χ1n) is 6.76. The molecular weight excluding hydrogens is 349 g/mol. The summed E-state index contributed by atoms with van der Waals surface area (Å²) in [4.78, 5) is 12.0. The van der Waals surface area contributed by atoms with Crippen LogP contribution in [0.1, 0.15) is 35.2 Å². The summed E-state index contributed by atoms with van der Waals surface area (Å²) in [5, 5.41) is 5.84. The van der Waals surface area contributed by atoms with Gasteiger partial charge < -0.3 is 10.6 Å². The molecule has 0 radical (unpaired) electrons. The lowest BCUT2D eigenvalue weighted by molar-refractivity contribution is -0.138. The second kappa shape index (κ2) is 6.79. The molecule has 1 atom stereocenters. The van der Waals surface area contributed by atoms with Crippen molar-refractivity contribution in [2.24, 2.45) is 0 Å². The van der Waals surface area contributed by atoms with Crippen LogP contribution in [-0.4, -0.2) is 25.0 Å². The van der Waals surface area contributed by atoms with Crippen molar-refractivity contribution in [3.05, 3.63) is 33.8 Å². The molecule has 0 spiro atoms. The second-order valence-corrected chi connectivity index (χ2v) is 5.94. The average molecular weight is 365 g/mol. The van der Waals surface area contributed by atoms with Gasteiger partial charge in [-0.05, 0) is 44.0 Å². The number of nitrogens with one attached hydrogen (secondary N) is 2. The molecule has 2 rings (SSSR count). The Morgan fingerprint density at radius 2 is 2.19 bits per heavy atom. The largest absolute Gasteiger partial charge is 0.417 e. The maximum absolute atomic E-state index is 12.9. The number of benzene rings is 1. The third-order valence-corrected chi connectivity index (χ3v) is 3.97. The lowest BCUT2D eigenvalue weighted by atomic mass is 10.1. The number of hydrogen-bond acceptors (Lipinski definition) is 2. The smallest absolute Gasteiger partial charge is 0.352 e. The highest BCUT2D eigenvalue weighted by molar-refractivity contribution is 9.10. The number of rotatable bonds is 4. The first-order valence-corrected chi connectivity index (χ1v) is 7.55. The first kappa shape index (κ1) is 16.3. The lowest BCUT2D eigenvalue weighted by Gasteiger charge is -2.14. The first-order chi connectivity index (χ1) is 9.88. The highest BCUT2D eigenvalue weighted by Crippen LogP contribution is 2.33. The van der Waals surface area contributed by atoms with Crippen molar-refractivity contribution < 1.29 is 18.0 Å². The van der Waals surface area contributed by atoms with Crippen molar-refractivity contribution in [3.63, 3.8) is 0 Å². The van der Waals surface area contributed by atoms with Gasteiger partial charge in [-0.15, -0.1) is 0 Å². The standard InChI is InChI=1S/C14H16BrF3N2O/c15-9-3-4-11(12(8-9)14(16,17)18)13(21)20-7-5-10-2-1-6-19-10/h3-4,8,10,19H,1-2,5-7H2,(H,20,21)/t10-/m0/s1. The van der Waals surface area contributed by atoms with Crippen LogP contribution >= 0.6 is 15.9 Å². The van der Waals surface area contributed by atoms with Crippen LogP contribution in [-0.2, 0) is 6.18 Å². The van der Waals surface area contributed by atoms with Crippen LogP contribution in [0.3, 0.4) is 0 Å². The van der Waals surface area contributed by atoms with E-state index in [9.17, 15) is 18.0 Å². The molecule has 1 saturated heterocycles. The third kappa shape index (κ3) is 4.44. The summed E-state index contributed by atoms with van der Waals surface area (Å²) in [6.07, 6.45) is -1.68. The van der Waals surface area contributed by atoms with E-state index >= 15 is 0 Å². The van der Waals surface area contributed by atoms with Crippen LogP contribution < -0.4 is 10.6 Å². The molecule has 0 aliphatic carbocycles. The number of carbonyl (C=O) groups excluding carboxylic acids is 1. The fourth-order valence-corrected chi connectivity index (χ4v) is 2.77. The van der Waals surface area contributed by atoms with Crippen LogP contribution in [0.4, 0.5) is 13.2 Å². The van der Waals surface area contributed by atoms with Crippen molar-refractivity contribution in [2.45, 2.75) is 31.5 Å². The van der Waals surface area contributed by atoms with Gasteiger partial charge in [-0.25, -0.2) is 0 Å². The summed E-state index contributed by atoms with van der Waals surface area (Å²) in [5.74, 6) is -0.687. The van der Waals surface area contributed by atoms with Gasteiger partial charge in [0.2, 0.25) is 0 Å². The Labute approximate surface area is 129 Å². The Morgan fingerprint density at radius 1 is 1.43 bits per heavy atom. The molecule has 1 aromatic carbocycles. The molecule has 2 N–H and O–H groups in total. The van der Waals surface area contributed by atoms with Crippen LogP contribution in [0.25, 0.3) is 0 Å². The van der Waals surface area contributed by atoms with E-state index in [1.165, 1.54) is 12.1 Å². The maximum Gasteiger partial charge on any atom is 0.417 e. The van der Waals surface area contributed by atoms with Crippen LogP contribution in [0.5, 0.6) is 0 Å². The van der Waals surface area contributed by atoms with E-state index in [1.54, 1.807) is 0 Å². The minimum atomic E-state index is -4.55. The van der Waals surface area contributed by atoms with Crippen LogP contribution in [0.15, 0.2) is 22.7 Å². The third-order valence-electron chi connectivity index (χ3n) is 3.47. The van der Waals surface area contributed by atoms with E-state index in [-0.39, 0.29) is 5.56 Å². The minimum Gasteiger partial charge on any atom is -0.352 e. The van der Waals surface area contributed by atoms with E-state index in [4.69, 9.17) is 0 Å². The van der Waals surface area contributed by atoms with E-state index in [2.05, 4.69) is 26.6 Å². The Kier molecular flexibility index (Phi) is 5.27. The molecule has 1 aromatic rings. The molecule has 0 saturated carbocycles.